The standard InChI is InChI=1S/C8H13N2/c1-7-5-6-10(9-7)8(2,3)4/h5H,1-4H3. The van der Waals surface area contributed by atoms with Crippen molar-refractivity contribution in [2.75, 3.05) is 0 Å². The molecule has 0 fully saturated rings. The van der Waals surface area contributed by atoms with Crippen LogP contribution < -0.4 is 0 Å². The Bertz CT molecular complexity index is 217. The van der Waals surface area contributed by atoms with Crippen molar-refractivity contribution < 1.29 is 0 Å². The van der Waals surface area contributed by atoms with Crippen molar-refractivity contribution >= 4 is 0 Å². The smallest absolute Gasteiger partial charge is 0.0872 e. The van der Waals surface area contributed by atoms with E-state index in [0.717, 1.165) is 5.69 Å². The number of aryl methyl sites for hydroxylation is 1. The van der Waals surface area contributed by atoms with Crippen LogP contribution in [0.15, 0.2) is 6.07 Å². The lowest BCUT2D eigenvalue weighted by Crippen LogP contribution is -2.22. The minimum Gasteiger partial charge on any atom is -0.258 e. The van der Waals surface area contributed by atoms with Gasteiger partial charge in [0.05, 0.1) is 17.4 Å². The fourth-order valence-corrected chi connectivity index (χ4v) is 0.714. The van der Waals surface area contributed by atoms with Gasteiger partial charge in [0.1, 0.15) is 0 Å². The van der Waals surface area contributed by atoms with Crippen molar-refractivity contribution in [1.29, 1.82) is 0 Å². The molecule has 0 aliphatic rings. The summed E-state index contributed by atoms with van der Waals surface area (Å²) in [4.78, 5) is 0. The highest BCUT2D eigenvalue weighted by Gasteiger charge is 2.12. The molecule has 0 saturated carbocycles. The van der Waals surface area contributed by atoms with Gasteiger partial charge in [-0.3, -0.25) is 4.68 Å². The van der Waals surface area contributed by atoms with Crippen molar-refractivity contribution in [3.63, 3.8) is 0 Å². The lowest BCUT2D eigenvalue weighted by atomic mass is 10.1. The summed E-state index contributed by atoms with van der Waals surface area (Å²) in [5.41, 5.74) is 1.09. The largest absolute Gasteiger partial charge is 0.258 e. The summed E-state index contributed by atoms with van der Waals surface area (Å²) in [6, 6.07) is 1.89. The summed E-state index contributed by atoms with van der Waals surface area (Å²) in [5, 5.41) is 4.24. The molecule has 1 aromatic rings. The van der Waals surface area contributed by atoms with E-state index in [2.05, 4.69) is 32.1 Å². The zero-order chi connectivity index (χ0) is 7.78. The van der Waals surface area contributed by atoms with Crippen LogP contribution in [-0.4, -0.2) is 9.78 Å². The van der Waals surface area contributed by atoms with Crippen LogP contribution >= 0.6 is 0 Å². The van der Waals surface area contributed by atoms with Crippen molar-refractivity contribution in [3.8, 4) is 0 Å². The zero-order valence-electron chi connectivity index (χ0n) is 6.97. The van der Waals surface area contributed by atoms with E-state index in [9.17, 15) is 0 Å². The van der Waals surface area contributed by atoms with Gasteiger partial charge in [0.15, 0.2) is 0 Å². The molecule has 1 rings (SSSR count). The van der Waals surface area contributed by atoms with Gasteiger partial charge >= 0.3 is 0 Å². The topological polar surface area (TPSA) is 17.8 Å². The molecule has 2 nitrogen and oxygen atoms in total. The van der Waals surface area contributed by atoms with Gasteiger partial charge in [-0.15, -0.1) is 0 Å². The second-order valence-electron chi connectivity index (χ2n) is 3.50. The third-order valence-electron chi connectivity index (χ3n) is 1.29. The van der Waals surface area contributed by atoms with Crippen LogP contribution in [0.3, 0.4) is 0 Å². The normalized spacial score (nSPS) is 12.0. The van der Waals surface area contributed by atoms with E-state index in [0.29, 0.717) is 0 Å². The lowest BCUT2D eigenvalue weighted by molar-refractivity contribution is 0.351. The third-order valence-corrected chi connectivity index (χ3v) is 1.29. The Balaban J connectivity index is 2.96. The van der Waals surface area contributed by atoms with Crippen molar-refractivity contribution in [1.82, 2.24) is 9.78 Å². The Morgan fingerprint density at radius 1 is 1.50 bits per heavy atom. The Kier molecular flexibility index (Phi) is 1.55. The molecule has 0 bridgehead atoms. The van der Waals surface area contributed by atoms with Gasteiger partial charge in [0.25, 0.3) is 0 Å². The molecular weight excluding hydrogens is 124 g/mol. The SMILES string of the molecule is Cc1c[c]n(C(C)(C)C)n1. The maximum absolute atomic E-state index is 4.24. The first-order chi connectivity index (χ1) is 4.50. The summed E-state index contributed by atoms with van der Waals surface area (Å²) in [5.74, 6) is 0. The van der Waals surface area contributed by atoms with E-state index in [1.807, 2.05) is 17.7 Å². The molecule has 0 amide bonds. The average molecular weight is 137 g/mol. The van der Waals surface area contributed by atoms with E-state index in [1.165, 1.54) is 0 Å². The highest BCUT2D eigenvalue weighted by molar-refractivity contribution is 4.95. The molecule has 1 aromatic heterocycles. The Morgan fingerprint density at radius 3 is 2.30 bits per heavy atom. The van der Waals surface area contributed by atoms with E-state index in [4.69, 9.17) is 0 Å². The number of aromatic nitrogens is 2. The van der Waals surface area contributed by atoms with Gasteiger partial charge in [-0.25, -0.2) is 0 Å². The van der Waals surface area contributed by atoms with Gasteiger partial charge in [-0.05, 0) is 33.8 Å². The Hall–Kier alpha value is -0.790. The van der Waals surface area contributed by atoms with Gasteiger partial charge in [-0.1, -0.05) is 0 Å². The molecule has 0 aromatic carbocycles. The van der Waals surface area contributed by atoms with E-state index in [-0.39, 0.29) is 5.54 Å². The average Bonchev–Trinajstić information content (AvgIpc) is 2.11. The molecule has 1 heterocycles. The van der Waals surface area contributed by atoms with Crippen LogP contribution in [-0.2, 0) is 5.54 Å². The molecule has 0 atom stereocenters. The fraction of sp³-hybridized carbons (Fsp3) is 0.625. The first-order valence-electron chi connectivity index (χ1n) is 3.45. The number of hydrogen-bond acceptors (Lipinski definition) is 1. The highest BCUT2D eigenvalue weighted by Crippen LogP contribution is 2.11. The van der Waals surface area contributed by atoms with Crippen LogP contribution in [0, 0.1) is 13.1 Å². The first-order valence-corrected chi connectivity index (χ1v) is 3.45. The van der Waals surface area contributed by atoms with E-state index < -0.39 is 0 Å². The highest BCUT2D eigenvalue weighted by atomic mass is 15.3. The maximum atomic E-state index is 4.24. The minimum absolute atomic E-state index is 0.0637. The molecule has 0 N–H and O–H groups in total. The Labute approximate surface area is 61.9 Å². The molecule has 0 spiro atoms. The Morgan fingerprint density at radius 2 is 2.10 bits per heavy atom. The minimum atomic E-state index is 0.0637. The van der Waals surface area contributed by atoms with Crippen LogP contribution in [0.25, 0.3) is 0 Å². The van der Waals surface area contributed by atoms with E-state index >= 15 is 0 Å². The number of rotatable bonds is 0. The molecule has 55 valence electrons. The van der Waals surface area contributed by atoms with Crippen LogP contribution in [0.5, 0.6) is 0 Å². The zero-order valence-corrected chi connectivity index (χ0v) is 6.97. The van der Waals surface area contributed by atoms with E-state index in [1.54, 1.807) is 0 Å². The summed E-state index contributed by atoms with van der Waals surface area (Å²) in [6.07, 6.45) is 3.05. The van der Waals surface area contributed by atoms with Crippen LogP contribution in [0.1, 0.15) is 26.5 Å². The summed E-state index contributed by atoms with van der Waals surface area (Å²) >= 11 is 0. The number of hydrogen-bond donors (Lipinski definition) is 0. The maximum Gasteiger partial charge on any atom is 0.0872 e. The van der Waals surface area contributed by atoms with Crippen LogP contribution in [0.4, 0.5) is 0 Å². The van der Waals surface area contributed by atoms with Gasteiger partial charge in [0, 0.05) is 0 Å². The predicted molar refractivity (Wildman–Crippen MR) is 40.8 cm³/mol. The van der Waals surface area contributed by atoms with Crippen molar-refractivity contribution in [2.24, 2.45) is 0 Å². The molecule has 0 aliphatic carbocycles. The monoisotopic (exact) mass is 137 g/mol. The fourth-order valence-electron chi connectivity index (χ4n) is 0.714. The third kappa shape index (κ3) is 1.38. The quantitative estimate of drug-likeness (QED) is 0.532. The molecule has 10 heavy (non-hydrogen) atoms. The molecule has 2 heteroatoms. The number of nitrogens with zero attached hydrogens (tertiary/aromatic N) is 2. The molecular formula is C8H13N2. The van der Waals surface area contributed by atoms with Gasteiger partial charge in [0.2, 0.25) is 0 Å². The van der Waals surface area contributed by atoms with Crippen molar-refractivity contribution in [2.45, 2.75) is 33.2 Å². The van der Waals surface area contributed by atoms with Gasteiger partial charge < -0.3 is 0 Å². The first kappa shape index (κ1) is 7.32. The molecule has 1 radical (unpaired) electrons. The second kappa shape index (κ2) is 2.11. The van der Waals surface area contributed by atoms with Gasteiger partial charge in [-0.2, -0.15) is 5.10 Å². The summed E-state index contributed by atoms with van der Waals surface area (Å²) in [7, 11) is 0. The van der Waals surface area contributed by atoms with Crippen LogP contribution in [0.2, 0.25) is 0 Å². The molecule has 0 unspecified atom stereocenters. The van der Waals surface area contributed by atoms with Crippen molar-refractivity contribution in [3.05, 3.63) is 18.0 Å². The summed E-state index contributed by atoms with van der Waals surface area (Å²) in [6.45, 7) is 8.29. The second-order valence-corrected chi connectivity index (χ2v) is 3.50. The lowest BCUT2D eigenvalue weighted by Gasteiger charge is -2.18. The summed E-state index contributed by atoms with van der Waals surface area (Å²) < 4.78 is 1.85. The predicted octanol–water partition coefficient (Wildman–Crippen LogP) is 1.75. The molecule has 0 aliphatic heterocycles. The molecule has 0 saturated heterocycles.